The standard InChI is InChI=1S/C15H16N2O4/c18-13(12-6-7-21-10-12)9-17-15(20)14(19)16-8-11-4-2-1-3-5-11/h1-7,10,13,18H,8-9H2,(H,16,19)(H,17,20). The third kappa shape index (κ3) is 4.47. The first-order valence-corrected chi connectivity index (χ1v) is 6.47. The lowest BCUT2D eigenvalue weighted by Gasteiger charge is -2.10. The molecule has 6 heteroatoms. The van der Waals surface area contributed by atoms with Crippen LogP contribution in [0, 0.1) is 0 Å². The molecule has 1 heterocycles. The molecular weight excluding hydrogens is 272 g/mol. The minimum Gasteiger partial charge on any atom is -0.472 e. The van der Waals surface area contributed by atoms with E-state index in [2.05, 4.69) is 10.6 Å². The lowest BCUT2D eigenvalue weighted by atomic mass is 10.2. The second kappa shape index (κ2) is 7.25. The molecule has 0 saturated carbocycles. The van der Waals surface area contributed by atoms with Crippen molar-refractivity contribution in [2.75, 3.05) is 6.54 Å². The predicted octanol–water partition coefficient (Wildman–Crippen LogP) is 0.746. The molecule has 0 fully saturated rings. The van der Waals surface area contributed by atoms with Crippen LogP contribution in [0.5, 0.6) is 0 Å². The van der Waals surface area contributed by atoms with E-state index >= 15 is 0 Å². The highest BCUT2D eigenvalue weighted by molar-refractivity contribution is 6.35. The summed E-state index contributed by atoms with van der Waals surface area (Å²) in [4.78, 5) is 23.2. The number of hydrogen-bond donors (Lipinski definition) is 3. The number of rotatable bonds is 5. The fourth-order valence-electron chi connectivity index (χ4n) is 1.71. The fraction of sp³-hybridized carbons (Fsp3) is 0.200. The molecule has 0 aliphatic heterocycles. The molecule has 110 valence electrons. The van der Waals surface area contributed by atoms with Gasteiger partial charge in [0.15, 0.2) is 0 Å². The van der Waals surface area contributed by atoms with Crippen LogP contribution in [0.25, 0.3) is 0 Å². The summed E-state index contributed by atoms with van der Waals surface area (Å²) in [6, 6.07) is 10.9. The van der Waals surface area contributed by atoms with Crippen LogP contribution in [0.3, 0.4) is 0 Å². The van der Waals surface area contributed by atoms with E-state index in [1.165, 1.54) is 12.5 Å². The zero-order chi connectivity index (χ0) is 15.1. The van der Waals surface area contributed by atoms with Crippen LogP contribution in [0.4, 0.5) is 0 Å². The number of furan rings is 1. The number of carbonyl (C=O) groups is 2. The lowest BCUT2D eigenvalue weighted by molar-refractivity contribution is -0.139. The molecule has 21 heavy (non-hydrogen) atoms. The van der Waals surface area contributed by atoms with E-state index in [1.54, 1.807) is 6.07 Å². The SMILES string of the molecule is O=C(NCc1ccccc1)C(=O)NCC(O)c1ccoc1. The molecule has 0 spiro atoms. The van der Waals surface area contributed by atoms with Gasteiger partial charge in [0.25, 0.3) is 0 Å². The van der Waals surface area contributed by atoms with Crippen LogP contribution in [-0.4, -0.2) is 23.5 Å². The van der Waals surface area contributed by atoms with Gasteiger partial charge in [-0.05, 0) is 11.6 Å². The molecule has 2 aromatic rings. The molecule has 2 rings (SSSR count). The smallest absolute Gasteiger partial charge is 0.309 e. The zero-order valence-corrected chi connectivity index (χ0v) is 11.3. The van der Waals surface area contributed by atoms with Gasteiger partial charge in [-0.15, -0.1) is 0 Å². The van der Waals surface area contributed by atoms with Gasteiger partial charge in [0.1, 0.15) is 0 Å². The number of amides is 2. The van der Waals surface area contributed by atoms with Crippen LogP contribution < -0.4 is 10.6 Å². The lowest BCUT2D eigenvalue weighted by Crippen LogP contribution is -2.41. The van der Waals surface area contributed by atoms with Crippen LogP contribution in [0.2, 0.25) is 0 Å². The van der Waals surface area contributed by atoms with Crippen molar-refractivity contribution in [1.82, 2.24) is 10.6 Å². The first-order chi connectivity index (χ1) is 10.2. The highest BCUT2D eigenvalue weighted by Gasteiger charge is 2.15. The molecule has 0 bridgehead atoms. The Morgan fingerprint density at radius 1 is 1.10 bits per heavy atom. The molecule has 0 aliphatic rings. The van der Waals surface area contributed by atoms with Gasteiger partial charge in [0.05, 0.1) is 18.6 Å². The molecule has 1 atom stereocenters. The van der Waals surface area contributed by atoms with Gasteiger partial charge in [-0.3, -0.25) is 9.59 Å². The zero-order valence-electron chi connectivity index (χ0n) is 11.3. The molecule has 6 nitrogen and oxygen atoms in total. The first kappa shape index (κ1) is 14.8. The maximum Gasteiger partial charge on any atom is 0.309 e. The molecule has 3 N–H and O–H groups in total. The van der Waals surface area contributed by atoms with E-state index < -0.39 is 17.9 Å². The van der Waals surface area contributed by atoms with Crippen molar-refractivity contribution in [3.05, 3.63) is 60.1 Å². The number of hydrogen-bond acceptors (Lipinski definition) is 4. The summed E-state index contributed by atoms with van der Waals surface area (Å²) >= 11 is 0. The Hall–Kier alpha value is -2.60. The Morgan fingerprint density at radius 3 is 2.48 bits per heavy atom. The molecule has 0 saturated heterocycles. The topological polar surface area (TPSA) is 91.6 Å². The summed E-state index contributed by atoms with van der Waals surface area (Å²) in [6.45, 7) is 0.217. The first-order valence-electron chi connectivity index (χ1n) is 6.47. The summed E-state index contributed by atoms with van der Waals surface area (Å²) in [7, 11) is 0. The van der Waals surface area contributed by atoms with E-state index in [-0.39, 0.29) is 13.1 Å². The van der Waals surface area contributed by atoms with E-state index in [9.17, 15) is 14.7 Å². The van der Waals surface area contributed by atoms with Gasteiger partial charge < -0.3 is 20.2 Å². The van der Waals surface area contributed by atoms with E-state index in [0.29, 0.717) is 5.56 Å². The Kier molecular flexibility index (Phi) is 5.11. The Bertz CT molecular complexity index is 581. The maximum atomic E-state index is 11.6. The van der Waals surface area contributed by atoms with Gasteiger partial charge >= 0.3 is 11.8 Å². The number of nitrogens with one attached hydrogen (secondary N) is 2. The van der Waals surface area contributed by atoms with Crippen LogP contribution in [0.1, 0.15) is 17.2 Å². The average molecular weight is 288 g/mol. The van der Waals surface area contributed by atoms with E-state index in [4.69, 9.17) is 4.42 Å². The van der Waals surface area contributed by atoms with Crippen molar-refractivity contribution in [1.29, 1.82) is 0 Å². The third-order valence-corrected chi connectivity index (χ3v) is 2.89. The van der Waals surface area contributed by atoms with Crippen LogP contribution in [0.15, 0.2) is 53.3 Å². The van der Waals surface area contributed by atoms with E-state index in [1.807, 2.05) is 30.3 Å². The highest BCUT2D eigenvalue weighted by Crippen LogP contribution is 2.11. The minimum absolute atomic E-state index is 0.0584. The summed E-state index contributed by atoms with van der Waals surface area (Å²) < 4.78 is 4.83. The maximum absolute atomic E-state index is 11.6. The van der Waals surface area contributed by atoms with Gasteiger partial charge in [0, 0.05) is 18.7 Å². The molecule has 0 aliphatic carbocycles. The molecule has 1 unspecified atom stereocenters. The average Bonchev–Trinajstić information content (AvgIpc) is 3.05. The number of aliphatic hydroxyl groups excluding tert-OH is 1. The molecule has 2 amide bonds. The number of benzene rings is 1. The number of carbonyl (C=O) groups excluding carboxylic acids is 2. The van der Waals surface area contributed by atoms with Crippen molar-refractivity contribution >= 4 is 11.8 Å². The number of aliphatic hydroxyl groups is 1. The Balaban J connectivity index is 1.74. The predicted molar refractivity (Wildman–Crippen MR) is 75.0 cm³/mol. The van der Waals surface area contributed by atoms with Crippen molar-refractivity contribution in [3.63, 3.8) is 0 Å². The normalized spacial score (nSPS) is 11.7. The quantitative estimate of drug-likeness (QED) is 0.708. The van der Waals surface area contributed by atoms with Gasteiger partial charge in [-0.2, -0.15) is 0 Å². The Labute approximate surface area is 121 Å². The summed E-state index contributed by atoms with van der Waals surface area (Å²) in [5.41, 5.74) is 1.44. The van der Waals surface area contributed by atoms with Gasteiger partial charge in [-0.25, -0.2) is 0 Å². The second-order valence-electron chi connectivity index (χ2n) is 4.45. The summed E-state index contributed by atoms with van der Waals surface area (Å²) in [6.07, 6.45) is 1.90. The van der Waals surface area contributed by atoms with Crippen molar-refractivity contribution in [2.45, 2.75) is 12.6 Å². The third-order valence-electron chi connectivity index (χ3n) is 2.89. The fourth-order valence-corrected chi connectivity index (χ4v) is 1.71. The van der Waals surface area contributed by atoms with Crippen LogP contribution >= 0.6 is 0 Å². The molecule has 1 aromatic carbocycles. The van der Waals surface area contributed by atoms with Gasteiger partial charge in [0.2, 0.25) is 0 Å². The highest BCUT2D eigenvalue weighted by atomic mass is 16.3. The van der Waals surface area contributed by atoms with E-state index in [0.717, 1.165) is 5.56 Å². The second-order valence-corrected chi connectivity index (χ2v) is 4.45. The molecular formula is C15H16N2O4. The van der Waals surface area contributed by atoms with Gasteiger partial charge in [-0.1, -0.05) is 30.3 Å². The molecule has 0 radical (unpaired) electrons. The van der Waals surface area contributed by atoms with Crippen LogP contribution in [-0.2, 0) is 16.1 Å². The largest absolute Gasteiger partial charge is 0.472 e. The Morgan fingerprint density at radius 2 is 1.81 bits per heavy atom. The molecule has 1 aromatic heterocycles. The van der Waals surface area contributed by atoms with Crippen molar-refractivity contribution in [3.8, 4) is 0 Å². The summed E-state index contributed by atoms with van der Waals surface area (Å²) in [5.74, 6) is -1.52. The van der Waals surface area contributed by atoms with Crippen molar-refractivity contribution in [2.24, 2.45) is 0 Å². The monoisotopic (exact) mass is 288 g/mol. The minimum atomic E-state index is -0.908. The summed E-state index contributed by atoms with van der Waals surface area (Å²) in [5, 5.41) is 14.6. The van der Waals surface area contributed by atoms with Crippen molar-refractivity contribution < 1.29 is 19.1 Å².